The van der Waals surface area contributed by atoms with E-state index < -0.39 is 11.8 Å². The molecule has 168 valence electrons. The largest absolute Gasteiger partial charge is 0.512 e. The highest BCUT2D eigenvalue weighted by atomic mass is 16.7. The van der Waals surface area contributed by atoms with Gasteiger partial charge < -0.3 is 14.9 Å². The van der Waals surface area contributed by atoms with E-state index in [0.717, 1.165) is 11.4 Å². The van der Waals surface area contributed by atoms with Crippen LogP contribution in [0.15, 0.2) is 54.6 Å². The molecule has 0 radical (unpaired) electrons. The molecule has 32 heavy (non-hydrogen) atoms. The fourth-order valence-corrected chi connectivity index (χ4v) is 3.26. The van der Waals surface area contributed by atoms with Crippen molar-refractivity contribution in [1.82, 2.24) is 15.0 Å². The minimum absolute atomic E-state index is 0.146. The molecule has 0 saturated carbocycles. The van der Waals surface area contributed by atoms with Crippen LogP contribution in [0.3, 0.4) is 0 Å². The molecule has 0 aromatic carbocycles. The summed E-state index contributed by atoms with van der Waals surface area (Å²) in [4.78, 5) is 24.8. The van der Waals surface area contributed by atoms with Crippen molar-refractivity contribution < 1.29 is 19.7 Å². The van der Waals surface area contributed by atoms with E-state index in [9.17, 15) is 9.90 Å². The smallest absolute Gasteiger partial charge is 0.449 e. The van der Waals surface area contributed by atoms with E-state index >= 15 is 0 Å². The van der Waals surface area contributed by atoms with Crippen LogP contribution in [0.4, 0.5) is 4.79 Å². The molecule has 3 heterocycles. The number of hydrogen-bond donors (Lipinski definition) is 2. The third kappa shape index (κ3) is 4.78. The van der Waals surface area contributed by atoms with Crippen molar-refractivity contribution in [3.05, 3.63) is 83.1 Å². The summed E-state index contributed by atoms with van der Waals surface area (Å²) in [5.74, 6) is -0.146. The number of aliphatic hydroxyl groups is 1. The van der Waals surface area contributed by atoms with Crippen molar-refractivity contribution >= 4 is 6.16 Å². The zero-order chi connectivity index (χ0) is 23.7. The SMILES string of the molecule is CC(C)(C)c1cccc(C(O)(c2cccc(OC(=O)O)n2)c2cccc(C(C)(C)C)n2)n1. The van der Waals surface area contributed by atoms with Crippen LogP contribution >= 0.6 is 0 Å². The molecule has 0 spiro atoms. The normalized spacial score (nSPS) is 12.5. The van der Waals surface area contributed by atoms with E-state index in [1.165, 1.54) is 6.07 Å². The number of aromatic nitrogens is 3. The summed E-state index contributed by atoms with van der Waals surface area (Å²) in [7, 11) is 0. The van der Waals surface area contributed by atoms with Gasteiger partial charge in [-0.3, -0.25) is 9.97 Å². The van der Waals surface area contributed by atoms with E-state index in [2.05, 4.69) is 4.98 Å². The van der Waals surface area contributed by atoms with Crippen molar-refractivity contribution in [1.29, 1.82) is 0 Å². The van der Waals surface area contributed by atoms with Gasteiger partial charge in [-0.1, -0.05) is 59.7 Å². The number of ether oxygens (including phenoxy) is 1. The monoisotopic (exact) mass is 435 g/mol. The maximum atomic E-state index is 12.2. The summed E-state index contributed by atoms with van der Waals surface area (Å²) in [5.41, 5.74) is 0.0795. The van der Waals surface area contributed by atoms with Gasteiger partial charge in [-0.2, -0.15) is 0 Å². The van der Waals surface area contributed by atoms with Gasteiger partial charge in [0, 0.05) is 28.3 Å². The molecular formula is C25H29N3O4. The Hall–Kier alpha value is -3.32. The zero-order valence-corrected chi connectivity index (χ0v) is 19.2. The van der Waals surface area contributed by atoms with E-state index in [1.807, 2.05) is 65.8 Å². The van der Waals surface area contributed by atoms with Gasteiger partial charge in [0.2, 0.25) is 5.88 Å². The van der Waals surface area contributed by atoms with E-state index in [0.29, 0.717) is 11.4 Å². The number of rotatable bonds is 4. The second-order valence-corrected chi connectivity index (χ2v) is 9.76. The van der Waals surface area contributed by atoms with Crippen molar-refractivity contribution in [2.24, 2.45) is 0 Å². The van der Waals surface area contributed by atoms with E-state index in [1.54, 1.807) is 24.3 Å². The van der Waals surface area contributed by atoms with Crippen LogP contribution in [0.1, 0.15) is 70.0 Å². The summed E-state index contributed by atoms with van der Waals surface area (Å²) in [5, 5.41) is 21.2. The maximum absolute atomic E-state index is 12.2. The minimum atomic E-state index is -1.83. The van der Waals surface area contributed by atoms with Crippen molar-refractivity contribution in [3.8, 4) is 5.88 Å². The molecule has 0 aliphatic rings. The number of pyridine rings is 3. The molecule has 0 amide bonds. The van der Waals surface area contributed by atoms with E-state index in [-0.39, 0.29) is 22.4 Å². The molecule has 0 aliphatic heterocycles. The Labute approximate surface area is 188 Å². The summed E-state index contributed by atoms with van der Waals surface area (Å²) < 4.78 is 4.73. The average molecular weight is 436 g/mol. The van der Waals surface area contributed by atoms with Crippen LogP contribution < -0.4 is 4.74 Å². The zero-order valence-electron chi connectivity index (χ0n) is 19.2. The summed E-state index contributed by atoms with van der Waals surface area (Å²) in [6.07, 6.45) is -1.49. The lowest BCUT2D eigenvalue weighted by atomic mass is 9.86. The van der Waals surface area contributed by atoms with Crippen molar-refractivity contribution in [2.75, 3.05) is 0 Å². The third-order valence-corrected chi connectivity index (χ3v) is 5.06. The number of hydrogen-bond acceptors (Lipinski definition) is 6. The third-order valence-electron chi connectivity index (χ3n) is 5.06. The van der Waals surface area contributed by atoms with E-state index in [4.69, 9.17) is 19.8 Å². The Bertz CT molecular complexity index is 1070. The Morgan fingerprint density at radius 1 is 0.688 bits per heavy atom. The van der Waals surface area contributed by atoms with Crippen molar-refractivity contribution in [2.45, 2.75) is 58.0 Å². The van der Waals surface area contributed by atoms with Crippen LogP contribution in [0.25, 0.3) is 0 Å². The predicted octanol–water partition coefficient (Wildman–Crippen LogP) is 4.81. The van der Waals surface area contributed by atoms with Crippen molar-refractivity contribution in [3.63, 3.8) is 0 Å². The molecule has 2 N–H and O–H groups in total. The van der Waals surface area contributed by atoms with Crippen LogP contribution in [0.2, 0.25) is 0 Å². The summed E-state index contributed by atoms with van der Waals surface area (Å²) in [6.45, 7) is 12.2. The topological polar surface area (TPSA) is 105 Å². The van der Waals surface area contributed by atoms with Gasteiger partial charge in [0.1, 0.15) is 0 Å². The van der Waals surface area contributed by atoms with Gasteiger partial charge in [-0.25, -0.2) is 9.78 Å². The molecule has 3 aromatic heterocycles. The van der Waals surface area contributed by atoms with Crippen LogP contribution in [-0.2, 0) is 16.4 Å². The molecule has 0 bridgehead atoms. The Kier molecular flexibility index (Phi) is 6.07. The number of nitrogens with zero attached hydrogens (tertiary/aromatic N) is 3. The summed E-state index contributed by atoms with van der Waals surface area (Å²) >= 11 is 0. The van der Waals surface area contributed by atoms with Crippen LogP contribution in [0, 0.1) is 0 Å². The highest BCUT2D eigenvalue weighted by Gasteiger charge is 2.40. The second kappa shape index (κ2) is 8.31. The predicted molar refractivity (Wildman–Crippen MR) is 121 cm³/mol. The lowest BCUT2D eigenvalue weighted by molar-refractivity contribution is 0.108. The first-order valence-electron chi connectivity index (χ1n) is 10.4. The Balaban J connectivity index is 2.29. The highest BCUT2D eigenvalue weighted by Crippen LogP contribution is 2.36. The molecular weight excluding hydrogens is 406 g/mol. The quantitative estimate of drug-likeness (QED) is 0.567. The lowest BCUT2D eigenvalue weighted by Gasteiger charge is -2.30. The van der Waals surface area contributed by atoms with Gasteiger partial charge in [0.05, 0.1) is 17.1 Å². The van der Waals surface area contributed by atoms with Gasteiger partial charge in [-0.05, 0) is 30.3 Å². The standard InChI is InChI=1S/C25H29N3O4/c1-23(2,3)16-10-7-12-18(26-16)25(31,19-13-8-11-17(27-19)24(4,5)6)20-14-9-15-21(28-20)32-22(29)30/h7-15,31H,1-6H3,(H,29,30). The van der Waals surface area contributed by atoms with Gasteiger partial charge in [0.25, 0.3) is 0 Å². The first kappa shape index (κ1) is 23.3. The molecule has 7 nitrogen and oxygen atoms in total. The lowest BCUT2D eigenvalue weighted by Crippen LogP contribution is -2.34. The fraction of sp³-hybridized carbons (Fsp3) is 0.360. The first-order valence-corrected chi connectivity index (χ1v) is 10.4. The fourth-order valence-electron chi connectivity index (χ4n) is 3.26. The molecule has 0 saturated heterocycles. The highest BCUT2D eigenvalue weighted by molar-refractivity contribution is 5.60. The first-order chi connectivity index (χ1) is 14.8. The molecule has 7 heteroatoms. The second-order valence-electron chi connectivity index (χ2n) is 9.76. The molecule has 0 unspecified atom stereocenters. The number of carboxylic acid groups (broad SMARTS) is 1. The molecule has 0 fully saturated rings. The van der Waals surface area contributed by atoms with Gasteiger partial charge in [-0.15, -0.1) is 0 Å². The Morgan fingerprint density at radius 3 is 1.47 bits per heavy atom. The van der Waals surface area contributed by atoms with Crippen LogP contribution in [-0.4, -0.2) is 31.3 Å². The molecule has 0 aliphatic carbocycles. The number of carbonyl (C=O) groups is 1. The van der Waals surface area contributed by atoms with Crippen LogP contribution in [0.5, 0.6) is 5.88 Å². The minimum Gasteiger partial charge on any atom is -0.449 e. The molecule has 0 atom stereocenters. The van der Waals surface area contributed by atoms with Gasteiger partial charge in [0.15, 0.2) is 5.60 Å². The van der Waals surface area contributed by atoms with Gasteiger partial charge >= 0.3 is 6.16 Å². The Morgan fingerprint density at radius 2 is 1.06 bits per heavy atom. The summed E-state index contributed by atoms with van der Waals surface area (Å²) in [6, 6.07) is 15.5. The average Bonchev–Trinajstić information content (AvgIpc) is 2.72. The molecule has 3 rings (SSSR count). The molecule has 3 aromatic rings. The maximum Gasteiger partial charge on any atom is 0.512 e.